The lowest BCUT2D eigenvalue weighted by atomic mass is 9.91. The van der Waals surface area contributed by atoms with Gasteiger partial charge in [-0.3, -0.25) is 4.90 Å². The van der Waals surface area contributed by atoms with Crippen molar-refractivity contribution in [3.63, 3.8) is 0 Å². The van der Waals surface area contributed by atoms with Crippen LogP contribution in [0.2, 0.25) is 5.02 Å². The van der Waals surface area contributed by atoms with Crippen LogP contribution in [-0.4, -0.2) is 72.1 Å². The summed E-state index contributed by atoms with van der Waals surface area (Å²) in [5.41, 5.74) is 1.03. The minimum absolute atomic E-state index is 0.0808. The minimum Gasteiger partial charge on any atom is -0.486 e. The van der Waals surface area contributed by atoms with Gasteiger partial charge >= 0.3 is 6.03 Å². The zero-order chi connectivity index (χ0) is 18.1. The van der Waals surface area contributed by atoms with Crippen molar-refractivity contribution in [3.8, 4) is 5.75 Å². The SMILES string of the molecule is Cc1cc(Cl)ccc1OC1CN(C(=O)N2CCCN(C3CCC3)CC2)C1. The number of rotatable bonds is 3. The third kappa shape index (κ3) is 3.79. The first-order valence-electron chi connectivity index (χ1n) is 9.81. The van der Waals surface area contributed by atoms with Crippen molar-refractivity contribution in [1.29, 1.82) is 0 Å². The van der Waals surface area contributed by atoms with E-state index in [2.05, 4.69) is 4.90 Å². The second-order valence-electron chi connectivity index (χ2n) is 7.80. The van der Waals surface area contributed by atoms with Gasteiger partial charge in [0, 0.05) is 37.2 Å². The number of carbonyl (C=O) groups is 1. The molecule has 2 heterocycles. The van der Waals surface area contributed by atoms with Crippen LogP contribution in [-0.2, 0) is 0 Å². The van der Waals surface area contributed by atoms with E-state index in [0.29, 0.717) is 13.1 Å². The van der Waals surface area contributed by atoms with Crippen molar-refractivity contribution in [2.24, 2.45) is 0 Å². The smallest absolute Gasteiger partial charge is 0.320 e. The average Bonchev–Trinajstić information content (AvgIpc) is 2.76. The molecule has 1 aromatic carbocycles. The van der Waals surface area contributed by atoms with Crippen LogP contribution in [0.15, 0.2) is 18.2 Å². The number of amides is 2. The zero-order valence-electron chi connectivity index (χ0n) is 15.5. The molecule has 0 radical (unpaired) electrons. The number of hydrogen-bond donors (Lipinski definition) is 0. The molecular formula is C20H28ClN3O2. The van der Waals surface area contributed by atoms with Crippen LogP contribution in [0.3, 0.4) is 0 Å². The molecule has 6 heteroatoms. The fraction of sp³-hybridized carbons (Fsp3) is 0.650. The lowest BCUT2D eigenvalue weighted by Gasteiger charge is -2.41. The molecule has 0 unspecified atom stereocenters. The Labute approximate surface area is 160 Å². The highest BCUT2D eigenvalue weighted by atomic mass is 35.5. The maximum atomic E-state index is 12.8. The predicted octanol–water partition coefficient (Wildman–Crippen LogP) is 3.39. The Kier molecular flexibility index (Phi) is 5.28. The number of hydrogen-bond acceptors (Lipinski definition) is 3. The van der Waals surface area contributed by atoms with Crippen LogP contribution in [0.1, 0.15) is 31.2 Å². The zero-order valence-corrected chi connectivity index (χ0v) is 16.2. The molecule has 2 amide bonds. The molecule has 4 rings (SSSR count). The Hall–Kier alpha value is -1.46. The summed E-state index contributed by atoms with van der Waals surface area (Å²) in [5, 5.41) is 0.720. The van der Waals surface area contributed by atoms with Gasteiger partial charge in [0.25, 0.3) is 0 Å². The summed E-state index contributed by atoms with van der Waals surface area (Å²) in [6.07, 6.45) is 5.20. The minimum atomic E-state index is 0.0808. The van der Waals surface area contributed by atoms with E-state index in [0.717, 1.165) is 55.0 Å². The standard InChI is InChI=1S/C20H28ClN3O2/c1-15-12-16(21)6-7-19(15)26-18-13-24(14-18)20(25)23-9-3-8-22(10-11-23)17-4-2-5-17/h6-7,12,17-18H,2-5,8-11,13-14H2,1H3. The van der Waals surface area contributed by atoms with E-state index in [4.69, 9.17) is 16.3 Å². The normalized spacial score (nSPS) is 22.5. The summed E-state index contributed by atoms with van der Waals surface area (Å²) >= 11 is 5.99. The molecule has 1 aromatic rings. The van der Waals surface area contributed by atoms with Gasteiger partial charge in [-0.15, -0.1) is 0 Å². The fourth-order valence-corrected chi connectivity index (χ4v) is 4.27. The second-order valence-corrected chi connectivity index (χ2v) is 8.23. The lowest BCUT2D eigenvalue weighted by molar-refractivity contribution is 0.0305. The molecule has 1 saturated carbocycles. The van der Waals surface area contributed by atoms with Crippen LogP contribution >= 0.6 is 11.6 Å². The lowest BCUT2D eigenvalue weighted by Crippen LogP contribution is -2.60. The predicted molar refractivity (Wildman–Crippen MR) is 103 cm³/mol. The number of urea groups is 1. The number of aryl methyl sites for hydroxylation is 1. The molecule has 0 aromatic heterocycles. The van der Waals surface area contributed by atoms with E-state index in [9.17, 15) is 4.79 Å². The fourth-order valence-electron chi connectivity index (χ4n) is 4.04. The molecule has 0 spiro atoms. The van der Waals surface area contributed by atoms with Crippen molar-refractivity contribution in [2.45, 2.75) is 44.8 Å². The summed E-state index contributed by atoms with van der Waals surface area (Å²) in [5.74, 6) is 0.859. The maximum Gasteiger partial charge on any atom is 0.320 e. The number of halogens is 1. The Balaban J connectivity index is 1.25. The molecular weight excluding hydrogens is 350 g/mol. The third-order valence-electron chi connectivity index (χ3n) is 5.94. The third-order valence-corrected chi connectivity index (χ3v) is 6.18. The first-order chi connectivity index (χ1) is 12.6. The highest BCUT2D eigenvalue weighted by Gasteiger charge is 2.36. The van der Waals surface area contributed by atoms with Crippen molar-refractivity contribution in [3.05, 3.63) is 28.8 Å². The van der Waals surface area contributed by atoms with Gasteiger partial charge in [0.2, 0.25) is 0 Å². The Morgan fingerprint density at radius 3 is 2.58 bits per heavy atom. The number of carbonyl (C=O) groups excluding carboxylic acids is 1. The van der Waals surface area contributed by atoms with Gasteiger partial charge < -0.3 is 14.5 Å². The number of ether oxygens (including phenoxy) is 1. The van der Waals surface area contributed by atoms with Gasteiger partial charge in [-0.25, -0.2) is 4.79 Å². The van der Waals surface area contributed by atoms with Crippen LogP contribution in [0.5, 0.6) is 5.75 Å². The molecule has 142 valence electrons. The largest absolute Gasteiger partial charge is 0.486 e. The van der Waals surface area contributed by atoms with E-state index in [1.54, 1.807) is 0 Å². The molecule has 0 atom stereocenters. The summed E-state index contributed by atoms with van der Waals surface area (Å²) in [7, 11) is 0. The summed E-state index contributed by atoms with van der Waals surface area (Å²) in [6.45, 7) is 7.22. The average molecular weight is 378 g/mol. The Bertz CT molecular complexity index is 658. The number of likely N-dealkylation sites (tertiary alicyclic amines) is 1. The van der Waals surface area contributed by atoms with Crippen LogP contribution in [0.4, 0.5) is 4.79 Å². The van der Waals surface area contributed by atoms with Gasteiger partial charge in [0.1, 0.15) is 11.9 Å². The second kappa shape index (κ2) is 7.65. The molecule has 2 aliphatic heterocycles. The van der Waals surface area contributed by atoms with Crippen LogP contribution < -0.4 is 4.74 Å². The highest BCUT2D eigenvalue weighted by molar-refractivity contribution is 6.30. The van der Waals surface area contributed by atoms with E-state index >= 15 is 0 Å². The van der Waals surface area contributed by atoms with E-state index in [1.165, 1.54) is 19.3 Å². The quantitative estimate of drug-likeness (QED) is 0.810. The number of benzene rings is 1. The summed E-state index contributed by atoms with van der Waals surface area (Å²) in [6, 6.07) is 6.61. The van der Waals surface area contributed by atoms with Crippen molar-refractivity contribution >= 4 is 17.6 Å². The van der Waals surface area contributed by atoms with Gasteiger partial charge in [-0.2, -0.15) is 0 Å². The van der Waals surface area contributed by atoms with Gasteiger partial charge in [0.15, 0.2) is 0 Å². The number of nitrogens with zero attached hydrogens (tertiary/aromatic N) is 3. The van der Waals surface area contributed by atoms with Gasteiger partial charge in [-0.1, -0.05) is 18.0 Å². The highest BCUT2D eigenvalue weighted by Crippen LogP contribution is 2.27. The van der Waals surface area contributed by atoms with Gasteiger partial charge in [0.05, 0.1) is 13.1 Å². The maximum absolute atomic E-state index is 12.8. The molecule has 26 heavy (non-hydrogen) atoms. The van der Waals surface area contributed by atoms with Crippen molar-refractivity contribution < 1.29 is 9.53 Å². The van der Waals surface area contributed by atoms with Crippen molar-refractivity contribution in [1.82, 2.24) is 14.7 Å². The molecule has 3 fully saturated rings. The topological polar surface area (TPSA) is 36.0 Å². The van der Waals surface area contributed by atoms with Gasteiger partial charge in [-0.05, 0) is 49.9 Å². The molecule has 0 N–H and O–H groups in total. The monoisotopic (exact) mass is 377 g/mol. The molecule has 1 aliphatic carbocycles. The first kappa shape index (κ1) is 17.9. The summed E-state index contributed by atoms with van der Waals surface area (Å²) < 4.78 is 6.02. The van der Waals surface area contributed by atoms with E-state index < -0.39 is 0 Å². The van der Waals surface area contributed by atoms with E-state index in [1.807, 2.05) is 34.9 Å². The molecule has 2 saturated heterocycles. The summed E-state index contributed by atoms with van der Waals surface area (Å²) in [4.78, 5) is 19.3. The Morgan fingerprint density at radius 1 is 1.08 bits per heavy atom. The molecule has 5 nitrogen and oxygen atoms in total. The van der Waals surface area contributed by atoms with Crippen LogP contribution in [0, 0.1) is 6.92 Å². The molecule has 0 bridgehead atoms. The van der Waals surface area contributed by atoms with E-state index in [-0.39, 0.29) is 12.1 Å². The van der Waals surface area contributed by atoms with Crippen molar-refractivity contribution in [2.75, 3.05) is 39.3 Å². The Morgan fingerprint density at radius 2 is 1.88 bits per heavy atom. The molecule has 3 aliphatic rings. The first-order valence-corrected chi connectivity index (χ1v) is 10.2. The van der Waals surface area contributed by atoms with Crippen LogP contribution in [0.25, 0.3) is 0 Å².